The van der Waals surface area contributed by atoms with E-state index in [2.05, 4.69) is 15.9 Å². The molecule has 1 atom stereocenters. The Hall–Kier alpha value is -0.0800. The van der Waals surface area contributed by atoms with Crippen molar-refractivity contribution >= 4 is 27.3 Å². The Labute approximate surface area is 111 Å². The fourth-order valence-corrected chi connectivity index (χ4v) is 3.22. The van der Waals surface area contributed by atoms with Crippen LogP contribution >= 0.6 is 27.3 Å². The second kappa shape index (κ2) is 7.38. The van der Waals surface area contributed by atoms with Crippen LogP contribution in [-0.2, 0) is 0 Å². The van der Waals surface area contributed by atoms with Crippen molar-refractivity contribution in [2.45, 2.75) is 12.5 Å². The van der Waals surface area contributed by atoms with Crippen molar-refractivity contribution in [3.05, 3.63) is 20.8 Å². The largest absolute Gasteiger partial charge is 0.395 e. The van der Waals surface area contributed by atoms with Crippen molar-refractivity contribution < 1.29 is 13.9 Å². The Morgan fingerprint density at radius 2 is 2.24 bits per heavy atom. The number of nitrogens with two attached hydrogens (primary N) is 1. The Morgan fingerprint density at radius 1 is 1.53 bits per heavy atom. The van der Waals surface area contributed by atoms with E-state index in [1.807, 2.05) is 11.4 Å². The van der Waals surface area contributed by atoms with Gasteiger partial charge in [-0.2, -0.15) is 0 Å². The molecule has 0 fully saturated rings. The molecule has 1 aromatic rings. The highest BCUT2D eigenvalue weighted by atomic mass is 79.9. The third-order valence-electron chi connectivity index (χ3n) is 2.34. The maximum Gasteiger partial charge on any atom is 0.251 e. The smallest absolute Gasteiger partial charge is 0.251 e. The van der Waals surface area contributed by atoms with Crippen molar-refractivity contribution in [3.8, 4) is 0 Å². The van der Waals surface area contributed by atoms with Crippen LogP contribution in [0.15, 0.2) is 15.9 Å². The molecule has 17 heavy (non-hydrogen) atoms. The van der Waals surface area contributed by atoms with Crippen LogP contribution in [0.4, 0.5) is 8.78 Å². The van der Waals surface area contributed by atoms with E-state index in [9.17, 15) is 8.78 Å². The Bertz CT molecular complexity index is 338. The molecule has 1 heterocycles. The van der Waals surface area contributed by atoms with Gasteiger partial charge in [0.1, 0.15) is 0 Å². The number of aliphatic hydroxyl groups excluding tert-OH is 1. The van der Waals surface area contributed by atoms with Gasteiger partial charge in [-0.1, -0.05) is 0 Å². The summed E-state index contributed by atoms with van der Waals surface area (Å²) in [6, 6.07) is 1.60. The van der Waals surface area contributed by atoms with Crippen LogP contribution in [0.2, 0.25) is 0 Å². The van der Waals surface area contributed by atoms with Crippen LogP contribution in [0.5, 0.6) is 0 Å². The van der Waals surface area contributed by atoms with Gasteiger partial charge in [-0.3, -0.25) is 4.90 Å². The third kappa shape index (κ3) is 4.59. The second-order valence-electron chi connectivity index (χ2n) is 3.53. The minimum Gasteiger partial charge on any atom is -0.395 e. The van der Waals surface area contributed by atoms with Crippen LogP contribution in [0.1, 0.15) is 10.9 Å². The number of thiophene rings is 1. The van der Waals surface area contributed by atoms with Gasteiger partial charge < -0.3 is 10.8 Å². The summed E-state index contributed by atoms with van der Waals surface area (Å²) in [5.41, 5.74) is 5.64. The topological polar surface area (TPSA) is 49.5 Å². The van der Waals surface area contributed by atoms with Crippen molar-refractivity contribution in [1.82, 2.24) is 4.90 Å². The molecule has 3 nitrogen and oxygen atoms in total. The van der Waals surface area contributed by atoms with Gasteiger partial charge in [-0.15, -0.1) is 11.3 Å². The molecule has 0 amide bonds. The van der Waals surface area contributed by atoms with E-state index in [0.717, 1.165) is 9.35 Å². The predicted octanol–water partition coefficient (Wildman–Crippen LogP) is 2.07. The minimum absolute atomic E-state index is 0.157. The van der Waals surface area contributed by atoms with E-state index >= 15 is 0 Å². The second-order valence-corrected chi connectivity index (χ2v) is 5.39. The summed E-state index contributed by atoms with van der Waals surface area (Å²) in [4.78, 5) is 2.44. The van der Waals surface area contributed by atoms with Crippen LogP contribution in [0, 0.1) is 0 Å². The molecule has 3 N–H and O–H groups in total. The first-order valence-electron chi connectivity index (χ1n) is 5.15. The third-order valence-corrected chi connectivity index (χ3v) is 4.13. The summed E-state index contributed by atoms with van der Waals surface area (Å²) in [6.45, 7) is -0.0882. The molecule has 7 heteroatoms. The lowest BCUT2D eigenvalue weighted by atomic mass is 10.2. The Kier molecular flexibility index (Phi) is 6.50. The normalized spacial score (nSPS) is 13.6. The molecular formula is C10H15BrF2N2OS. The van der Waals surface area contributed by atoms with Gasteiger partial charge in [-0.25, -0.2) is 8.78 Å². The fourth-order valence-electron chi connectivity index (χ4n) is 1.63. The Balaban J connectivity index is 2.80. The first-order chi connectivity index (χ1) is 8.08. The molecule has 1 aromatic heterocycles. The average Bonchev–Trinajstić information content (AvgIpc) is 2.65. The molecule has 98 valence electrons. The lowest BCUT2D eigenvalue weighted by Gasteiger charge is -2.29. The minimum atomic E-state index is -2.43. The van der Waals surface area contributed by atoms with Gasteiger partial charge in [-0.05, 0) is 22.0 Å². The fraction of sp³-hybridized carbons (Fsp3) is 0.600. The van der Waals surface area contributed by atoms with E-state index in [0.29, 0.717) is 0 Å². The molecule has 1 unspecified atom stereocenters. The number of nitrogens with zero attached hydrogens (tertiary/aromatic N) is 1. The van der Waals surface area contributed by atoms with Crippen molar-refractivity contribution in [2.75, 3.05) is 26.2 Å². The molecule has 1 rings (SSSR count). The molecular weight excluding hydrogens is 314 g/mol. The summed E-state index contributed by atoms with van der Waals surface area (Å²) in [6.07, 6.45) is -2.43. The standard InChI is InChI=1S/C10H15BrF2N2OS/c11-7-3-9(17-6-7)8(4-14)15(1-2-16)5-10(12)13/h3,6,8,10,16H,1-2,4-5,14H2. The van der Waals surface area contributed by atoms with Crippen LogP contribution in [-0.4, -0.2) is 42.7 Å². The lowest BCUT2D eigenvalue weighted by molar-refractivity contribution is 0.0570. The van der Waals surface area contributed by atoms with E-state index in [1.165, 1.54) is 16.2 Å². The molecule has 0 saturated heterocycles. The highest BCUT2D eigenvalue weighted by molar-refractivity contribution is 9.10. The van der Waals surface area contributed by atoms with Crippen molar-refractivity contribution in [3.63, 3.8) is 0 Å². The zero-order chi connectivity index (χ0) is 12.8. The highest BCUT2D eigenvalue weighted by Gasteiger charge is 2.23. The zero-order valence-electron chi connectivity index (χ0n) is 9.15. The number of aliphatic hydroxyl groups is 1. The van der Waals surface area contributed by atoms with Gasteiger partial charge in [0.15, 0.2) is 0 Å². The van der Waals surface area contributed by atoms with Crippen molar-refractivity contribution in [2.24, 2.45) is 5.73 Å². The molecule has 0 saturated carbocycles. The number of rotatable bonds is 7. The molecule has 0 bridgehead atoms. The maximum absolute atomic E-state index is 12.5. The van der Waals surface area contributed by atoms with Gasteiger partial charge in [0.2, 0.25) is 0 Å². The zero-order valence-corrected chi connectivity index (χ0v) is 11.6. The number of alkyl halides is 2. The average molecular weight is 329 g/mol. The SMILES string of the molecule is NCC(c1cc(Br)cs1)N(CCO)CC(F)F. The lowest BCUT2D eigenvalue weighted by Crippen LogP contribution is -2.38. The Morgan fingerprint density at radius 3 is 2.65 bits per heavy atom. The predicted molar refractivity (Wildman–Crippen MR) is 68.5 cm³/mol. The van der Waals surface area contributed by atoms with Gasteiger partial charge in [0.25, 0.3) is 6.43 Å². The van der Waals surface area contributed by atoms with Crippen LogP contribution < -0.4 is 5.73 Å². The van der Waals surface area contributed by atoms with Crippen LogP contribution in [0.25, 0.3) is 0 Å². The van der Waals surface area contributed by atoms with Gasteiger partial charge in [0.05, 0.1) is 19.2 Å². The highest BCUT2D eigenvalue weighted by Crippen LogP contribution is 2.29. The number of hydrogen-bond acceptors (Lipinski definition) is 4. The van der Waals surface area contributed by atoms with Crippen LogP contribution in [0.3, 0.4) is 0 Å². The molecule has 0 aliphatic carbocycles. The first-order valence-corrected chi connectivity index (χ1v) is 6.82. The monoisotopic (exact) mass is 328 g/mol. The van der Waals surface area contributed by atoms with E-state index in [-0.39, 0.29) is 32.3 Å². The first kappa shape index (κ1) is 15.0. The summed E-state index contributed by atoms with van der Waals surface area (Å²) in [5.74, 6) is 0. The summed E-state index contributed by atoms with van der Waals surface area (Å²) in [7, 11) is 0. The van der Waals surface area contributed by atoms with E-state index in [1.54, 1.807) is 0 Å². The molecule has 0 spiro atoms. The quantitative estimate of drug-likeness (QED) is 0.805. The maximum atomic E-state index is 12.5. The van der Waals surface area contributed by atoms with Crippen molar-refractivity contribution in [1.29, 1.82) is 0 Å². The molecule has 0 aliphatic rings. The molecule has 0 aromatic carbocycles. The summed E-state index contributed by atoms with van der Waals surface area (Å²) < 4.78 is 25.8. The summed E-state index contributed by atoms with van der Waals surface area (Å²) >= 11 is 4.79. The van der Waals surface area contributed by atoms with Gasteiger partial charge >= 0.3 is 0 Å². The molecule has 0 aliphatic heterocycles. The number of hydrogen-bond donors (Lipinski definition) is 2. The van der Waals surface area contributed by atoms with E-state index < -0.39 is 6.43 Å². The summed E-state index contributed by atoms with van der Waals surface area (Å²) in [5, 5.41) is 10.8. The molecule has 0 radical (unpaired) electrons. The van der Waals surface area contributed by atoms with Gasteiger partial charge in [0, 0.05) is 27.8 Å². The number of halogens is 3. The van der Waals surface area contributed by atoms with E-state index in [4.69, 9.17) is 10.8 Å².